The highest BCUT2D eigenvalue weighted by Gasteiger charge is 2.21. The average molecular weight is 466 g/mol. The summed E-state index contributed by atoms with van der Waals surface area (Å²) < 4.78 is 30.5. The fraction of sp³-hybridized carbons (Fsp3) is 0.300. The minimum atomic E-state index is -3.61. The number of nitrogens with one attached hydrogen (secondary N) is 1. The van der Waals surface area contributed by atoms with Crippen molar-refractivity contribution in [2.45, 2.75) is 39.9 Å². The van der Waals surface area contributed by atoms with Gasteiger partial charge in [-0.15, -0.1) is 10.2 Å². The predicted molar refractivity (Wildman–Crippen MR) is 122 cm³/mol. The Labute approximate surface area is 184 Å². The van der Waals surface area contributed by atoms with Gasteiger partial charge in [0.2, 0.25) is 10.0 Å². The number of aromatic nitrogens is 2. The predicted octanol–water partition coefficient (Wildman–Crippen LogP) is 5.16. The van der Waals surface area contributed by atoms with Gasteiger partial charge < -0.3 is 0 Å². The molecule has 0 bridgehead atoms. The summed E-state index contributed by atoms with van der Waals surface area (Å²) in [5, 5.41) is 8.37. The average Bonchev–Trinajstić information content (AvgIpc) is 3.16. The van der Waals surface area contributed by atoms with Gasteiger partial charge in [-0.05, 0) is 36.8 Å². The van der Waals surface area contributed by atoms with Crippen molar-refractivity contribution in [2.24, 2.45) is 0 Å². The molecule has 29 heavy (non-hydrogen) atoms. The summed E-state index contributed by atoms with van der Waals surface area (Å²) in [6.45, 7) is 4.02. The second-order valence-electron chi connectivity index (χ2n) is 6.30. The lowest BCUT2D eigenvalue weighted by Gasteiger charge is -2.19. The Bertz CT molecular complexity index is 1010. The minimum absolute atomic E-state index is 0.280. The first-order valence-corrected chi connectivity index (χ1v) is 13.5. The molecule has 0 fully saturated rings. The van der Waals surface area contributed by atoms with Crippen molar-refractivity contribution in [2.75, 3.05) is 11.5 Å². The number of rotatable bonds is 10. The number of hydrogen-bond donors (Lipinski definition) is 1. The number of hydrogen-bond acceptors (Lipinski definition) is 7. The molecule has 154 valence electrons. The summed E-state index contributed by atoms with van der Waals surface area (Å²) >= 11 is 4.87. The van der Waals surface area contributed by atoms with E-state index in [0.717, 1.165) is 31.3 Å². The molecule has 1 heterocycles. The first-order chi connectivity index (χ1) is 14.0. The number of benzene rings is 2. The Balaban J connectivity index is 1.70. The van der Waals surface area contributed by atoms with Crippen molar-refractivity contribution in [1.82, 2.24) is 14.9 Å². The van der Waals surface area contributed by atoms with Crippen molar-refractivity contribution < 1.29 is 8.42 Å². The van der Waals surface area contributed by atoms with Gasteiger partial charge in [0.05, 0.1) is 4.90 Å². The molecule has 5 nitrogen and oxygen atoms in total. The number of nitrogens with zero attached hydrogens (tertiary/aromatic N) is 2. The molecule has 0 amide bonds. The Kier molecular flexibility index (Phi) is 8.14. The zero-order valence-corrected chi connectivity index (χ0v) is 19.5. The van der Waals surface area contributed by atoms with Crippen molar-refractivity contribution in [1.29, 1.82) is 0 Å². The van der Waals surface area contributed by atoms with Crippen LogP contribution >= 0.6 is 34.9 Å². The molecule has 0 aliphatic rings. The molecule has 2 aromatic carbocycles. The van der Waals surface area contributed by atoms with Gasteiger partial charge in [0.1, 0.15) is 0 Å². The molecule has 1 unspecified atom stereocenters. The van der Waals surface area contributed by atoms with Crippen molar-refractivity contribution in [3.8, 4) is 0 Å². The normalized spacial score (nSPS) is 12.8. The zero-order chi connectivity index (χ0) is 20.7. The van der Waals surface area contributed by atoms with Crippen LogP contribution in [0.15, 0.2) is 68.2 Å². The topological polar surface area (TPSA) is 72.0 Å². The van der Waals surface area contributed by atoms with Crippen LogP contribution in [0.25, 0.3) is 0 Å². The third-order valence-electron chi connectivity index (χ3n) is 4.12. The molecular weight excluding hydrogens is 443 g/mol. The second-order valence-corrected chi connectivity index (χ2v) is 11.8. The molecule has 1 aromatic heterocycles. The van der Waals surface area contributed by atoms with Crippen LogP contribution in [0, 0.1) is 6.92 Å². The fourth-order valence-corrected chi connectivity index (χ4v) is 6.90. The minimum Gasteiger partial charge on any atom is -0.207 e. The van der Waals surface area contributed by atoms with Gasteiger partial charge in [-0.2, -0.15) is 0 Å². The first kappa shape index (κ1) is 22.3. The molecule has 0 aliphatic carbocycles. The Morgan fingerprint density at radius 3 is 2.31 bits per heavy atom. The van der Waals surface area contributed by atoms with E-state index in [1.54, 1.807) is 47.0 Å². The maximum atomic E-state index is 12.9. The smallest absolute Gasteiger partial charge is 0.207 e. The molecule has 0 radical (unpaired) electrons. The molecule has 1 N–H and O–H groups in total. The first-order valence-electron chi connectivity index (χ1n) is 9.21. The molecule has 0 aliphatic heterocycles. The maximum absolute atomic E-state index is 12.9. The van der Waals surface area contributed by atoms with Crippen LogP contribution in [-0.4, -0.2) is 30.1 Å². The van der Waals surface area contributed by atoms with Gasteiger partial charge in [-0.25, -0.2) is 13.1 Å². The standard InChI is InChI=1S/C20H23N3O2S4/c1-3-26-19-21-22-20(28-19)27-14-13-18(16-7-5-4-6-8-16)23-29(24,25)17-11-9-15(2)10-12-17/h4-12,18,23H,3,13-14H2,1-2H3. The lowest BCUT2D eigenvalue weighted by atomic mass is 10.1. The van der Waals surface area contributed by atoms with Crippen molar-refractivity contribution in [3.05, 3.63) is 65.7 Å². The van der Waals surface area contributed by atoms with Crippen LogP contribution in [-0.2, 0) is 10.0 Å². The van der Waals surface area contributed by atoms with Crippen LogP contribution in [0.3, 0.4) is 0 Å². The highest BCUT2D eigenvalue weighted by Crippen LogP contribution is 2.30. The third-order valence-corrected chi connectivity index (χ3v) is 8.71. The summed E-state index contributed by atoms with van der Waals surface area (Å²) in [5.74, 6) is 1.71. The van der Waals surface area contributed by atoms with Crippen molar-refractivity contribution >= 4 is 44.9 Å². The molecule has 3 aromatic rings. The van der Waals surface area contributed by atoms with Gasteiger partial charge in [0.15, 0.2) is 8.68 Å². The van der Waals surface area contributed by atoms with E-state index in [-0.39, 0.29) is 10.9 Å². The van der Waals surface area contributed by atoms with E-state index < -0.39 is 10.0 Å². The van der Waals surface area contributed by atoms with Gasteiger partial charge >= 0.3 is 0 Å². The van der Waals surface area contributed by atoms with E-state index >= 15 is 0 Å². The van der Waals surface area contributed by atoms with E-state index in [1.807, 2.05) is 49.4 Å². The number of thioether (sulfide) groups is 2. The Hall–Kier alpha value is -1.39. The van der Waals surface area contributed by atoms with E-state index in [1.165, 1.54) is 0 Å². The summed E-state index contributed by atoms with van der Waals surface area (Å²) in [5.41, 5.74) is 1.97. The largest absolute Gasteiger partial charge is 0.241 e. The van der Waals surface area contributed by atoms with Crippen LogP contribution in [0.4, 0.5) is 0 Å². The molecule has 3 rings (SSSR count). The third kappa shape index (κ3) is 6.55. The van der Waals surface area contributed by atoms with E-state index in [0.29, 0.717) is 6.42 Å². The van der Waals surface area contributed by atoms with Crippen LogP contribution in [0.1, 0.15) is 30.5 Å². The Morgan fingerprint density at radius 1 is 1.00 bits per heavy atom. The highest BCUT2D eigenvalue weighted by atomic mass is 32.2. The van der Waals surface area contributed by atoms with Gasteiger partial charge in [0.25, 0.3) is 0 Å². The molecule has 0 spiro atoms. The van der Waals surface area contributed by atoms with Gasteiger partial charge in [-0.3, -0.25) is 0 Å². The van der Waals surface area contributed by atoms with E-state index in [4.69, 9.17) is 0 Å². The molecular formula is C20H23N3O2S4. The van der Waals surface area contributed by atoms with Crippen molar-refractivity contribution in [3.63, 3.8) is 0 Å². The summed E-state index contributed by atoms with van der Waals surface area (Å²) in [6.07, 6.45) is 0.648. The maximum Gasteiger partial charge on any atom is 0.241 e. The summed E-state index contributed by atoms with van der Waals surface area (Å²) in [7, 11) is -3.61. The van der Waals surface area contributed by atoms with E-state index in [2.05, 4.69) is 21.8 Å². The van der Waals surface area contributed by atoms with Gasteiger partial charge in [-0.1, -0.05) is 89.8 Å². The molecule has 9 heteroatoms. The molecule has 1 atom stereocenters. The number of aryl methyl sites for hydroxylation is 1. The molecule has 0 saturated heterocycles. The fourth-order valence-electron chi connectivity index (χ4n) is 2.65. The lowest BCUT2D eigenvalue weighted by Crippen LogP contribution is -2.29. The van der Waals surface area contributed by atoms with Crippen LogP contribution < -0.4 is 4.72 Å². The van der Waals surface area contributed by atoms with Gasteiger partial charge in [0, 0.05) is 11.8 Å². The van der Waals surface area contributed by atoms with Crippen LogP contribution in [0.2, 0.25) is 0 Å². The monoisotopic (exact) mass is 465 g/mol. The highest BCUT2D eigenvalue weighted by molar-refractivity contribution is 8.03. The van der Waals surface area contributed by atoms with E-state index in [9.17, 15) is 8.42 Å². The summed E-state index contributed by atoms with van der Waals surface area (Å²) in [6, 6.07) is 16.3. The zero-order valence-electron chi connectivity index (χ0n) is 16.2. The summed E-state index contributed by atoms with van der Waals surface area (Å²) in [4.78, 5) is 0.280. The Morgan fingerprint density at radius 2 is 1.66 bits per heavy atom. The SMILES string of the molecule is CCSc1nnc(SCCC(NS(=O)(=O)c2ccc(C)cc2)c2ccccc2)s1. The molecule has 0 saturated carbocycles. The lowest BCUT2D eigenvalue weighted by molar-refractivity contribution is 0.551. The number of sulfonamides is 1. The second kappa shape index (κ2) is 10.6. The quantitative estimate of drug-likeness (QED) is 0.417. The van der Waals surface area contributed by atoms with Crippen LogP contribution in [0.5, 0.6) is 0 Å².